The van der Waals surface area contributed by atoms with Gasteiger partial charge in [-0.15, -0.1) is 0 Å². The molecule has 0 fully saturated rings. The maximum atomic E-state index is 10.1. The largest absolute Gasteiger partial charge is 0.497 e. The van der Waals surface area contributed by atoms with E-state index in [4.69, 9.17) is 16.3 Å². The van der Waals surface area contributed by atoms with Crippen LogP contribution in [0.5, 0.6) is 5.75 Å². The Balaban J connectivity index is 2.50. The second-order valence-electron chi connectivity index (χ2n) is 3.08. The second-order valence-corrected chi connectivity index (χ2v) is 3.49. The Morgan fingerprint density at radius 2 is 2.33 bits per heavy atom. The normalized spacial score (nSPS) is 10.0. The average Bonchev–Trinajstić information content (AvgIpc) is 2.26. The first kappa shape index (κ1) is 12.0. The lowest BCUT2D eigenvalue weighted by Crippen LogP contribution is -2.19. The monoisotopic (exact) mass is 227 g/mol. The van der Waals surface area contributed by atoms with Crippen molar-refractivity contribution in [1.29, 1.82) is 0 Å². The maximum absolute atomic E-state index is 10.1. The minimum Gasteiger partial charge on any atom is -0.497 e. The molecule has 0 aliphatic heterocycles. The Morgan fingerprint density at radius 1 is 1.53 bits per heavy atom. The highest BCUT2D eigenvalue weighted by Crippen LogP contribution is 2.22. The molecular weight excluding hydrogens is 214 g/mol. The molecule has 82 valence electrons. The van der Waals surface area contributed by atoms with Crippen LogP contribution >= 0.6 is 11.6 Å². The molecule has 0 heterocycles. The van der Waals surface area contributed by atoms with Crippen molar-refractivity contribution in [2.75, 3.05) is 20.2 Å². The Kier molecular flexibility index (Phi) is 5.15. The molecule has 0 amide bonds. The minimum atomic E-state index is 0.383. The molecule has 0 aliphatic carbocycles. The molecule has 1 rings (SSSR count). The lowest BCUT2D eigenvalue weighted by Gasteiger charge is -2.06. The van der Waals surface area contributed by atoms with E-state index in [0.717, 1.165) is 30.6 Å². The number of methoxy groups -OCH3 is 1. The van der Waals surface area contributed by atoms with E-state index in [-0.39, 0.29) is 0 Å². The van der Waals surface area contributed by atoms with E-state index in [1.165, 1.54) is 0 Å². The molecule has 1 aromatic carbocycles. The van der Waals surface area contributed by atoms with E-state index in [2.05, 4.69) is 5.32 Å². The Hall–Kier alpha value is -1.06. The lowest BCUT2D eigenvalue weighted by molar-refractivity contribution is -0.107. The van der Waals surface area contributed by atoms with Gasteiger partial charge in [0, 0.05) is 5.02 Å². The number of nitrogens with one attached hydrogen (secondary N) is 1. The molecule has 0 unspecified atom stereocenters. The third-order valence-electron chi connectivity index (χ3n) is 2.06. The predicted octanol–water partition coefficient (Wildman–Crippen LogP) is 1.68. The standard InChI is InChI=1S/C11H14ClNO2/c1-15-10-3-2-9(11(12)8-10)4-5-13-6-7-14/h2-3,7-8,13H,4-6H2,1H3. The van der Waals surface area contributed by atoms with Gasteiger partial charge in [-0.1, -0.05) is 17.7 Å². The first-order valence-corrected chi connectivity index (χ1v) is 5.12. The molecule has 0 aromatic heterocycles. The van der Waals surface area contributed by atoms with Crippen LogP contribution in [-0.4, -0.2) is 26.5 Å². The van der Waals surface area contributed by atoms with Gasteiger partial charge < -0.3 is 14.8 Å². The van der Waals surface area contributed by atoms with E-state index >= 15 is 0 Å². The summed E-state index contributed by atoms with van der Waals surface area (Å²) in [6.45, 7) is 1.12. The summed E-state index contributed by atoms with van der Waals surface area (Å²) in [4.78, 5) is 10.1. The summed E-state index contributed by atoms with van der Waals surface area (Å²) >= 11 is 6.04. The topological polar surface area (TPSA) is 38.3 Å². The first-order valence-electron chi connectivity index (χ1n) is 4.74. The van der Waals surface area contributed by atoms with Gasteiger partial charge in [-0.2, -0.15) is 0 Å². The van der Waals surface area contributed by atoms with Crippen LogP contribution in [0, 0.1) is 0 Å². The number of carbonyl (C=O) groups is 1. The molecule has 0 aliphatic rings. The third-order valence-corrected chi connectivity index (χ3v) is 2.41. The van der Waals surface area contributed by atoms with Crippen molar-refractivity contribution < 1.29 is 9.53 Å². The highest BCUT2D eigenvalue weighted by Gasteiger charge is 2.01. The minimum absolute atomic E-state index is 0.383. The van der Waals surface area contributed by atoms with Crippen molar-refractivity contribution in [2.45, 2.75) is 6.42 Å². The van der Waals surface area contributed by atoms with Crippen LogP contribution in [0.3, 0.4) is 0 Å². The Labute approximate surface area is 94.4 Å². The number of rotatable bonds is 6. The zero-order valence-electron chi connectivity index (χ0n) is 8.63. The van der Waals surface area contributed by atoms with Gasteiger partial charge in [-0.05, 0) is 30.7 Å². The lowest BCUT2D eigenvalue weighted by atomic mass is 10.1. The van der Waals surface area contributed by atoms with Crippen molar-refractivity contribution >= 4 is 17.9 Å². The van der Waals surface area contributed by atoms with Crippen LogP contribution in [0.1, 0.15) is 5.56 Å². The molecule has 1 N–H and O–H groups in total. The van der Waals surface area contributed by atoms with E-state index in [9.17, 15) is 4.79 Å². The zero-order valence-corrected chi connectivity index (χ0v) is 9.38. The Morgan fingerprint density at radius 3 is 2.93 bits per heavy atom. The molecule has 0 atom stereocenters. The van der Waals surface area contributed by atoms with Gasteiger partial charge in [-0.3, -0.25) is 0 Å². The van der Waals surface area contributed by atoms with Crippen LogP contribution < -0.4 is 10.1 Å². The van der Waals surface area contributed by atoms with Crippen molar-refractivity contribution in [2.24, 2.45) is 0 Å². The van der Waals surface area contributed by atoms with Crippen LogP contribution in [0.15, 0.2) is 18.2 Å². The second kappa shape index (κ2) is 6.43. The molecule has 15 heavy (non-hydrogen) atoms. The smallest absolute Gasteiger partial charge is 0.133 e. The SMILES string of the molecule is COc1ccc(CCNCC=O)c(Cl)c1. The summed E-state index contributed by atoms with van der Waals surface area (Å²) in [5, 5.41) is 3.68. The third kappa shape index (κ3) is 3.90. The number of halogens is 1. The van der Waals surface area contributed by atoms with Gasteiger partial charge in [0.25, 0.3) is 0 Å². The van der Waals surface area contributed by atoms with Gasteiger partial charge in [0.1, 0.15) is 12.0 Å². The number of carbonyl (C=O) groups excluding carboxylic acids is 1. The number of benzene rings is 1. The summed E-state index contributed by atoms with van der Waals surface area (Å²) in [5.41, 5.74) is 1.05. The molecule has 3 nitrogen and oxygen atoms in total. The summed E-state index contributed by atoms with van der Waals surface area (Å²) < 4.78 is 5.05. The van der Waals surface area contributed by atoms with Gasteiger partial charge in [0.15, 0.2) is 0 Å². The van der Waals surface area contributed by atoms with Crippen LogP contribution in [0.25, 0.3) is 0 Å². The molecule has 1 aromatic rings. The molecule has 0 radical (unpaired) electrons. The molecule has 0 bridgehead atoms. The van der Waals surface area contributed by atoms with Gasteiger partial charge >= 0.3 is 0 Å². The number of hydrogen-bond acceptors (Lipinski definition) is 3. The number of hydrogen-bond donors (Lipinski definition) is 1. The van der Waals surface area contributed by atoms with Crippen LogP contribution in [0.4, 0.5) is 0 Å². The highest BCUT2D eigenvalue weighted by atomic mass is 35.5. The van der Waals surface area contributed by atoms with Crippen LogP contribution in [0.2, 0.25) is 5.02 Å². The summed E-state index contributed by atoms with van der Waals surface area (Å²) in [6, 6.07) is 5.60. The van der Waals surface area contributed by atoms with Crippen molar-refractivity contribution in [3.05, 3.63) is 28.8 Å². The van der Waals surface area contributed by atoms with Crippen molar-refractivity contribution in [3.8, 4) is 5.75 Å². The molecule has 0 spiro atoms. The molecule has 0 saturated heterocycles. The fourth-order valence-corrected chi connectivity index (χ4v) is 1.51. The van der Waals surface area contributed by atoms with Gasteiger partial charge in [-0.25, -0.2) is 0 Å². The van der Waals surface area contributed by atoms with Crippen molar-refractivity contribution in [1.82, 2.24) is 5.32 Å². The zero-order chi connectivity index (χ0) is 11.1. The van der Waals surface area contributed by atoms with E-state index in [0.29, 0.717) is 11.6 Å². The van der Waals surface area contributed by atoms with Crippen LogP contribution in [-0.2, 0) is 11.2 Å². The molecule has 0 saturated carbocycles. The average molecular weight is 228 g/mol. The predicted molar refractivity (Wildman–Crippen MR) is 60.6 cm³/mol. The van der Waals surface area contributed by atoms with E-state index < -0.39 is 0 Å². The van der Waals surface area contributed by atoms with Gasteiger partial charge in [0.05, 0.1) is 13.7 Å². The van der Waals surface area contributed by atoms with E-state index in [1.807, 2.05) is 12.1 Å². The van der Waals surface area contributed by atoms with E-state index in [1.54, 1.807) is 13.2 Å². The van der Waals surface area contributed by atoms with Crippen molar-refractivity contribution in [3.63, 3.8) is 0 Å². The summed E-state index contributed by atoms with van der Waals surface area (Å²) in [7, 11) is 1.61. The quantitative estimate of drug-likeness (QED) is 0.594. The molecule has 4 heteroatoms. The fourth-order valence-electron chi connectivity index (χ4n) is 1.24. The molecular formula is C11H14ClNO2. The summed E-state index contributed by atoms with van der Waals surface area (Å²) in [6.07, 6.45) is 1.65. The van der Waals surface area contributed by atoms with Gasteiger partial charge in [0.2, 0.25) is 0 Å². The first-order chi connectivity index (χ1) is 7.27. The number of ether oxygens (including phenoxy) is 1. The number of aldehydes is 1. The maximum Gasteiger partial charge on any atom is 0.133 e. The fraction of sp³-hybridized carbons (Fsp3) is 0.364. The Bertz CT molecular complexity index is 328. The highest BCUT2D eigenvalue weighted by molar-refractivity contribution is 6.31. The summed E-state index contributed by atoms with van der Waals surface area (Å²) in [5.74, 6) is 0.754.